The van der Waals surface area contributed by atoms with Gasteiger partial charge in [-0.05, 0) is 42.0 Å². The minimum absolute atomic E-state index is 0.228. The molecule has 0 unspecified atom stereocenters. The molecule has 0 saturated heterocycles. The van der Waals surface area contributed by atoms with Crippen molar-refractivity contribution in [2.75, 3.05) is 16.8 Å². The fourth-order valence-corrected chi connectivity index (χ4v) is 3.15. The zero-order valence-electron chi connectivity index (χ0n) is 15.0. The predicted molar refractivity (Wildman–Crippen MR) is 111 cm³/mol. The van der Waals surface area contributed by atoms with E-state index in [0.29, 0.717) is 40.2 Å². The number of para-hydroxylation sites is 3. The van der Waals surface area contributed by atoms with Crippen LogP contribution in [0.4, 0.5) is 17.1 Å². The molecular weight excluding hydrogens is 354 g/mol. The van der Waals surface area contributed by atoms with Gasteiger partial charge in [0.05, 0.1) is 34.6 Å². The second-order valence-corrected chi connectivity index (χ2v) is 6.50. The standard InChI is InChI=1S/C21H19N5O2/c22-15-4-1-2-6-17(15)24-20(27)14-10-8-13(9-11-14)12-26-19-16(23)5-3-7-18(19)25-21(26)28/h1-11H,12,22-23H2,(H,24,27)(H,25,28). The number of hydrogen-bond acceptors (Lipinski definition) is 4. The van der Waals surface area contributed by atoms with Crippen molar-refractivity contribution in [3.8, 4) is 0 Å². The molecular formula is C21H19N5O2. The van der Waals surface area contributed by atoms with E-state index in [9.17, 15) is 9.59 Å². The van der Waals surface area contributed by atoms with Gasteiger partial charge in [0, 0.05) is 5.56 Å². The van der Waals surface area contributed by atoms with Gasteiger partial charge in [-0.25, -0.2) is 4.79 Å². The first kappa shape index (κ1) is 17.4. The summed E-state index contributed by atoms with van der Waals surface area (Å²) in [5.41, 5.74) is 16.0. The number of imidazole rings is 1. The van der Waals surface area contributed by atoms with Gasteiger partial charge in [0.15, 0.2) is 0 Å². The fraction of sp³-hybridized carbons (Fsp3) is 0.0476. The number of rotatable bonds is 4. The second-order valence-electron chi connectivity index (χ2n) is 6.50. The number of aromatic nitrogens is 2. The molecule has 3 aromatic carbocycles. The zero-order valence-corrected chi connectivity index (χ0v) is 15.0. The van der Waals surface area contributed by atoms with Gasteiger partial charge in [-0.1, -0.05) is 30.3 Å². The van der Waals surface area contributed by atoms with E-state index in [2.05, 4.69) is 10.3 Å². The van der Waals surface area contributed by atoms with Crippen LogP contribution in [0.1, 0.15) is 15.9 Å². The number of carbonyl (C=O) groups is 1. The molecule has 4 aromatic rings. The van der Waals surface area contributed by atoms with Crippen LogP contribution in [0.15, 0.2) is 71.5 Å². The van der Waals surface area contributed by atoms with E-state index in [1.165, 1.54) is 0 Å². The SMILES string of the molecule is Nc1ccccc1NC(=O)c1ccc(Cn2c(=O)[nH]c3cccc(N)c32)cc1. The number of nitrogens with one attached hydrogen (secondary N) is 2. The molecule has 0 aliphatic heterocycles. The third-order valence-electron chi connectivity index (χ3n) is 4.59. The molecule has 6 N–H and O–H groups in total. The number of fused-ring (bicyclic) bond motifs is 1. The number of nitrogens with two attached hydrogens (primary N) is 2. The highest BCUT2D eigenvalue weighted by molar-refractivity contribution is 6.05. The number of anilines is 3. The second kappa shape index (κ2) is 6.96. The number of benzene rings is 3. The molecule has 7 nitrogen and oxygen atoms in total. The number of hydrogen-bond donors (Lipinski definition) is 4. The van der Waals surface area contributed by atoms with E-state index in [0.717, 1.165) is 5.56 Å². The summed E-state index contributed by atoms with van der Waals surface area (Å²) in [5.74, 6) is -0.252. The highest BCUT2D eigenvalue weighted by atomic mass is 16.2. The molecule has 28 heavy (non-hydrogen) atoms. The molecule has 0 radical (unpaired) electrons. The summed E-state index contributed by atoms with van der Waals surface area (Å²) in [5, 5.41) is 2.79. The van der Waals surface area contributed by atoms with Crippen molar-refractivity contribution in [2.24, 2.45) is 0 Å². The highest BCUT2D eigenvalue weighted by Crippen LogP contribution is 2.20. The van der Waals surface area contributed by atoms with Gasteiger partial charge in [0.1, 0.15) is 0 Å². The Kier molecular flexibility index (Phi) is 4.33. The largest absolute Gasteiger partial charge is 0.397 e. The fourth-order valence-electron chi connectivity index (χ4n) is 3.15. The van der Waals surface area contributed by atoms with Gasteiger partial charge in [-0.15, -0.1) is 0 Å². The molecule has 7 heteroatoms. The Balaban J connectivity index is 1.56. The minimum atomic E-state index is -0.252. The van der Waals surface area contributed by atoms with Crippen LogP contribution in [0.25, 0.3) is 11.0 Å². The topological polar surface area (TPSA) is 119 Å². The van der Waals surface area contributed by atoms with Crippen LogP contribution in [-0.4, -0.2) is 15.5 Å². The predicted octanol–water partition coefficient (Wildman–Crippen LogP) is 2.79. The maximum absolute atomic E-state index is 12.4. The van der Waals surface area contributed by atoms with Crippen LogP contribution < -0.4 is 22.5 Å². The number of H-pyrrole nitrogens is 1. The van der Waals surface area contributed by atoms with Crippen molar-refractivity contribution in [1.29, 1.82) is 0 Å². The Bertz CT molecular complexity index is 1220. The summed E-state index contributed by atoms with van der Waals surface area (Å²) in [6.45, 7) is 0.348. The normalized spacial score (nSPS) is 10.9. The van der Waals surface area contributed by atoms with Gasteiger partial charge in [-0.2, -0.15) is 0 Å². The molecule has 1 aromatic heterocycles. The highest BCUT2D eigenvalue weighted by Gasteiger charge is 2.11. The average Bonchev–Trinajstić information content (AvgIpc) is 3.00. The first-order valence-corrected chi connectivity index (χ1v) is 8.75. The summed E-state index contributed by atoms with van der Waals surface area (Å²) in [4.78, 5) is 27.5. The number of amides is 1. The van der Waals surface area contributed by atoms with E-state index >= 15 is 0 Å². The molecule has 0 spiro atoms. The Morgan fingerprint density at radius 1 is 0.929 bits per heavy atom. The smallest absolute Gasteiger partial charge is 0.326 e. The van der Waals surface area contributed by atoms with Crippen LogP contribution in [-0.2, 0) is 6.54 Å². The Labute approximate surface area is 160 Å². The van der Waals surface area contributed by atoms with Gasteiger partial charge in [-0.3, -0.25) is 9.36 Å². The molecule has 1 amide bonds. The van der Waals surface area contributed by atoms with Crippen molar-refractivity contribution >= 4 is 34.0 Å². The molecule has 0 bridgehead atoms. The van der Waals surface area contributed by atoms with Gasteiger partial charge >= 0.3 is 5.69 Å². The first-order valence-electron chi connectivity index (χ1n) is 8.75. The third-order valence-corrected chi connectivity index (χ3v) is 4.59. The van der Waals surface area contributed by atoms with Crippen molar-refractivity contribution in [2.45, 2.75) is 6.54 Å². The summed E-state index contributed by atoms with van der Waals surface area (Å²) < 4.78 is 1.59. The molecule has 0 aliphatic rings. The lowest BCUT2D eigenvalue weighted by atomic mass is 10.1. The lowest BCUT2D eigenvalue weighted by Crippen LogP contribution is -2.18. The van der Waals surface area contributed by atoms with Gasteiger partial charge < -0.3 is 21.8 Å². The summed E-state index contributed by atoms with van der Waals surface area (Å²) >= 11 is 0. The maximum atomic E-state index is 12.4. The zero-order chi connectivity index (χ0) is 19.7. The van der Waals surface area contributed by atoms with E-state index in [1.807, 2.05) is 18.2 Å². The quantitative estimate of drug-likeness (QED) is 0.411. The Morgan fingerprint density at radius 2 is 1.64 bits per heavy atom. The summed E-state index contributed by atoms with van der Waals surface area (Å²) in [6.07, 6.45) is 0. The number of aromatic amines is 1. The van der Waals surface area contributed by atoms with Crippen LogP contribution in [0.2, 0.25) is 0 Å². The monoisotopic (exact) mass is 373 g/mol. The molecule has 0 saturated carbocycles. The van der Waals surface area contributed by atoms with E-state index in [1.54, 1.807) is 53.1 Å². The maximum Gasteiger partial charge on any atom is 0.326 e. The number of nitrogen functional groups attached to an aromatic ring is 2. The number of nitrogens with zero attached hydrogens (tertiary/aromatic N) is 1. The van der Waals surface area contributed by atoms with Gasteiger partial charge in [0.25, 0.3) is 5.91 Å². The molecule has 0 aliphatic carbocycles. The molecule has 4 rings (SSSR count). The lowest BCUT2D eigenvalue weighted by Gasteiger charge is -2.09. The van der Waals surface area contributed by atoms with Crippen LogP contribution in [0.3, 0.4) is 0 Å². The van der Waals surface area contributed by atoms with Crippen LogP contribution in [0, 0.1) is 0 Å². The molecule has 0 fully saturated rings. The summed E-state index contributed by atoms with van der Waals surface area (Å²) in [6, 6.07) is 19.5. The average molecular weight is 373 g/mol. The Hall–Kier alpha value is -4.00. The van der Waals surface area contributed by atoms with E-state index in [4.69, 9.17) is 11.5 Å². The minimum Gasteiger partial charge on any atom is -0.397 e. The number of carbonyl (C=O) groups excluding carboxylic acids is 1. The molecule has 0 atom stereocenters. The first-order chi connectivity index (χ1) is 13.5. The van der Waals surface area contributed by atoms with Crippen molar-refractivity contribution < 1.29 is 4.79 Å². The van der Waals surface area contributed by atoms with E-state index in [-0.39, 0.29) is 11.6 Å². The lowest BCUT2D eigenvalue weighted by molar-refractivity contribution is 0.102. The Morgan fingerprint density at radius 3 is 2.39 bits per heavy atom. The van der Waals surface area contributed by atoms with E-state index < -0.39 is 0 Å². The molecule has 1 heterocycles. The third kappa shape index (κ3) is 3.21. The summed E-state index contributed by atoms with van der Waals surface area (Å²) in [7, 11) is 0. The van der Waals surface area contributed by atoms with Crippen molar-refractivity contribution in [3.05, 3.63) is 88.3 Å². The van der Waals surface area contributed by atoms with Crippen molar-refractivity contribution in [1.82, 2.24) is 9.55 Å². The van der Waals surface area contributed by atoms with Gasteiger partial charge in [0.2, 0.25) is 0 Å². The van der Waals surface area contributed by atoms with Crippen molar-refractivity contribution in [3.63, 3.8) is 0 Å². The van der Waals surface area contributed by atoms with Crippen LogP contribution in [0.5, 0.6) is 0 Å². The molecule has 140 valence electrons. The van der Waals surface area contributed by atoms with Crippen LogP contribution >= 0.6 is 0 Å².